The molecule has 126 valence electrons. The van der Waals surface area contributed by atoms with E-state index in [2.05, 4.69) is 15.4 Å². The van der Waals surface area contributed by atoms with E-state index in [0.29, 0.717) is 12.3 Å². The molecule has 1 aliphatic rings. The summed E-state index contributed by atoms with van der Waals surface area (Å²) in [6.07, 6.45) is 3.91. The van der Waals surface area contributed by atoms with Gasteiger partial charge in [0.1, 0.15) is 5.82 Å². The minimum absolute atomic E-state index is 0.00201. The molecular formula is C18H20FN3O2. The van der Waals surface area contributed by atoms with Gasteiger partial charge in [0.05, 0.1) is 17.8 Å². The number of aromatic nitrogens is 1. The molecule has 1 aromatic carbocycles. The second-order valence-electron chi connectivity index (χ2n) is 5.94. The topological polar surface area (TPSA) is 58.4 Å². The van der Waals surface area contributed by atoms with Gasteiger partial charge in [0.25, 0.3) is 0 Å². The van der Waals surface area contributed by atoms with Crippen molar-refractivity contribution in [2.45, 2.75) is 32.5 Å². The molecular weight excluding hydrogens is 309 g/mol. The molecule has 6 heteroatoms. The van der Waals surface area contributed by atoms with Crippen molar-refractivity contribution in [1.29, 1.82) is 0 Å². The smallest absolute Gasteiger partial charge is 0.237 e. The van der Waals surface area contributed by atoms with E-state index < -0.39 is 0 Å². The third-order valence-electron chi connectivity index (χ3n) is 4.16. The summed E-state index contributed by atoms with van der Waals surface area (Å²) in [5, 5.41) is 7.05. The zero-order valence-electron chi connectivity index (χ0n) is 13.7. The van der Waals surface area contributed by atoms with Gasteiger partial charge in [-0.3, -0.25) is 9.69 Å². The number of nitrogens with zero attached hydrogens (tertiary/aromatic N) is 2. The molecule has 1 aromatic heterocycles. The second-order valence-corrected chi connectivity index (χ2v) is 5.94. The van der Waals surface area contributed by atoms with Crippen LogP contribution < -0.4 is 5.32 Å². The number of piperazine rings is 1. The first-order chi connectivity index (χ1) is 11.6. The molecule has 1 amide bonds. The molecule has 2 unspecified atom stereocenters. The van der Waals surface area contributed by atoms with Crippen LogP contribution in [0.3, 0.4) is 0 Å². The zero-order valence-corrected chi connectivity index (χ0v) is 13.7. The van der Waals surface area contributed by atoms with Crippen LogP contribution in [0.2, 0.25) is 0 Å². The van der Waals surface area contributed by atoms with Gasteiger partial charge in [0.2, 0.25) is 5.91 Å². The Hall–Kier alpha value is -2.47. The quantitative estimate of drug-likeness (QED) is 0.876. The van der Waals surface area contributed by atoms with E-state index in [-0.39, 0.29) is 23.8 Å². The molecule has 1 N–H and O–H groups in total. The monoisotopic (exact) mass is 329 g/mol. The van der Waals surface area contributed by atoms with Gasteiger partial charge in [0.15, 0.2) is 5.76 Å². The number of carbonyl (C=O) groups excluding carboxylic acids is 1. The SMILES string of the molecule is C/C=C/C1CN(Cc2cc(-c3ccc(F)cc3)on2)C(C)C(=O)N1. The minimum atomic E-state index is -0.290. The highest BCUT2D eigenvalue weighted by Crippen LogP contribution is 2.22. The van der Waals surface area contributed by atoms with Crippen molar-refractivity contribution in [1.82, 2.24) is 15.4 Å². The number of hydrogen-bond donors (Lipinski definition) is 1. The summed E-state index contributed by atoms with van der Waals surface area (Å²) in [4.78, 5) is 14.1. The Morgan fingerprint density at radius 1 is 1.42 bits per heavy atom. The van der Waals surface area contributed by atoms with E-state index in [1.807, 2.05) is 32.1 Å². The lowest BCUT2D eigenvalue weighted by Gasteiger charge is -2.36. The van der Waals surface area contributed by atoms with Gasteiger partial charge in [-0.15, -0.1) is 0 Å². The van der Waals surface area contributed by atoms with Crippen molar-refractivity contribution in [3.63, 3.8) is 0 Å². The number of nitrogens with one attached hydrogen (secondary N) is 1. The molecule has 0 aliphatic carbocycles. The lowest BCUT2D eigenvalue weighted by molar-refractivity contribution is -0.129. The van der Waals surface area contributed by atoms with Crippen LogP contribution in [0.5, 0.6) is 0 Å². The number of halogens is 1. The lowest BCUT2D eigenvalue weighted by Crippen LogP contribution is -2.57. The molecule has 3 rings (SSSR count). The fourth-order valence-electron chi connectivity index (χ4n) is 2.81. The van der Waals surface area contributed by atoms with Crippen LogP contribution >= 0.6 is 0 Å². The number of amides is 1. The van der Waals surface area contributed by atoms with Gasteiger partial charge >= 0.3 is 0 Å². The van der Waals surface area contributed by atoms with E-state index >= 15 is 0 Å². The molecule has 1 saturated heterocycles. The number of benzene rings is 1. The Morgan fingerprint density at radius 2 is 2.17 bits per heavy atom. The zero-order chi connectivity index (χ0) is 17.1. The van der Waals surface area contributed by atoms with Crippen LogP contribution in [0.4, 0.5) is 4.39 Å². The summed E-state index contributed by atoms with van der Waals surface area (Å²) in [5.41, 5.74) is 1.52. The summed E-state index contributed by atoms with van der Waals surface area (Å²) in [5.74, 6) is 0.303. The average molecular weight is 329 g/mol. The Labute approximate surface area is 140 Å². The molecule has 2 heterocycles. The Bertz CT molecular complexity index is 739. The van der Waals surface area contributed by atoms with Crippen molar-refractivity contribution >= 4 is 5.91 Å². The van der Waals surface area contributed by atoms with Crippen LogP contribution in [0.15, 0.2) is 47.0 Å². The fourth-order valence-corrected chi connectivity index (χ4v) is 2.81. The van der Waals surface area contributed by atoms with Crippen LogP contribution in [0, 0.1) is 5.82 Å². The van der Waals surface area contributed by atoms with Crippen molar-refractivity contribution in [2.24, 2.45) is 0 Å². The van der Waals surface area contributed by atoms with E-state index in [1.165, 1.54) is 12.1 Å². The average Bonchev–Trinajstić information content (AvgIpc) is 3.01. The predicted octanol–water partition coefficient (Wildman–Crippen LogP) is 2.75. The summed E-state index contributed by atoms with van der Waals surface area (Å²) in [6.45, 7) is 5.05. The summed E-state index contributed by atoms with van der Waals surface area (Å²) in [6, 6.07) is 7.68. The first-order valence-corrected chi connectivity index (χ1v) is 7.95. The minimum Gasteiger partial charge on any atom is -0.356 e. The lowest BCUT2D eigenvalue weighted by atomic mass is 10.1. The number of hydrogen-bond acceptors (Lipinski definition) is 4. The molecule has 5 nitrogen and oxygen atoms in total. The van der Waals surface area contributed by atoms with Crippen LogP contribution in [-0.4, -0.2) is 34.6 Å². The van der Waals surface area contributed by atoms with Crippen molar-refractivity contribution < 1.29 is 13.7 Å². The molecule has 0 spiro atoms. The van der Waals surface area contributed by atoms with Crippen LogP contribution in [0.1, 0.15) is 19.5 Å². The first-order valence-electron chi connectivity index (χ1n) is 7.95. The van der Waals surface area contributed by atoms with E-state index in [1.54, 1.807) is 12.1 Å². The molecule has 1 fully saturated rings. The molecule has 0 saturated carbocycles. The van der Waals surface area contributed by atoms with Crippen LogP contribution in [-0.2, 0) is 11.3 Å². The van der Waals surface area contributed by atoms with Gasteiger partial charge in [-0.1, -0.05) is 17.3 Å². The van der Waals surface area contributed by atoms with Gasteiger partial charge in [-0.2, -0.15) is 0 Å². The van der Waals surface area contributed by atoms with E-state index in [0.717, 1.165) is 17.8 Å². The van der Waals surface area contributed by atoms with Gasteiger partial charge in [-0.05, 0) is 38.1 Å². The van der Waals surface area contributed by atoms with Crippen molar-refractivity contribution in [2.75, 3.05) is 6.54 Å². The Morgan fingerprint density at radius 3 is 2.88 bits per heavy atom. The number of allylic oxidation sites excluding steroid dienone is 1. The highest BCUT2D eigenvalue weighted by Gasteiger charge is 2.30. The third kappa shape index (κ3) is 3.54. The highest BCUT2D eigenvalue weighted by molar-refractivity contribution is 5.82. The molecule has 0 radical (unpaired) electrons. The van der Waals surface area contributed by atoms with Gasteiger partial charge in [0, 0.05) is 24.7 Å². The van der Waals surface area contributed by atoms with Crippen molar-refractivity contribution in [3.05, 3.63) is 54.0 Å². The molecule has 24 heavy (non-hydrogen) atoms. The Kier molecular flexibility index (Phi) is 4.76. The predicted molar refractivity (Wildman–Crippen MR) is 88.5 cm³/mol. The standard InChI is InChI=1S/C18H20FN3O2/c1-3-4-15-10-22(12(2)18(23)20-15)11-16-9-17(24-21-16)13-5-7-14(19)8-6-13/h3-9,12,15H,10-11H2,1-2H3,(H,20,23)/b4-3+. The van der Waals surface area contributed by atoms with Crippen molar-refractivity contribution in [3.8, 4) is 11.3 Å². The molecule has 1 aliphatic heterocycles. The van der Waals surface area contributed by atoms with Gasteiger partial charge in [-0.25, -0.2) is 4.39 Å². The highest BCUT2D eigenvalue weighted by atomic mass is 19.1. The maximum Gasteiger partial charge on any atom is 0.237 e. The Balaban J connectivity index is 1.73. The summed E-state index contributed by atoms with van der Waals surface area (Å²) in [7, 11) is 0. The third-order valence-corrected chi connectivity index (χ3v) is 4.16. The van der Waals surface area contributed by atoms with Gasteiger partial charge < -0.3 is 9.84 Å². The maximum absolute atomic E-state index is 13.0. The van der Waals surface area contributed by atoms with E-state index in [4.69, 9.17) is 4.52 Å². The largest absolute Gasteiger partial charge is 0.356 e. The van der Waals surface area contributed by atoms with E-state index in [9.17, 15) is 9.18 Å². The molecule has 2 atom stereocenters. The number of carbonyl (C=O) groups is 1. The molecule has 0 bridgehead atoms. The summed E-state index contributed by atoms with van der Waals surface area (Å²) < 4.78 is 18.4. The molecule has 2 aromatic rings. The summed E-state index contributed by atoms with van der Waals surface area (Å²) >= 11 is 0. The number of rotatable bonds is 4. The maximum atomic E-state index is 13.0. The van der Waals surface area contributed by atoms with Crippen LogP contribution in [0.25, 0.3) is 11.3 Å². The second kappa shape index (κ2) is 6.97. The fraction of sp³-hybridized carbons (Fsp3) is 0.333. The first kappa shape index (κ1) is 16.4. The normalized spacial score (nSPS) is 22.0.